The first-order valence-electron chi connectivity index (χ1n) is 8.68. The van der Waals surface area contributed by atoms with Gasteiger partial charge in [-0.25, -0.2) is 0 Å². The third-order valence-electron chi connectivity index (χ3n) is 5.51. The molecule has 2 aromatic heterocycles. The van der Waals surface area contributed by atoms with E-state index >= 15 is 0 Å². The van der Waals surface area contributed by atoms with Crippen LogP contribution in [0, 0.1) is 5.41 Å². The summed E-state index contributed by atoms with van der Waals surface area (Å²) in [7, 11) is 0. The monoisotopic (exact) mass is 325 g/mol. The lowest BCUT2D eigenvalue weighted by molar-refractivity contribution is 0.0706. The summed E-state index contributed by atoms with van der Waals surface area (Å²) < 4.78 is 5.45. The van der Waals surface area contributed by atoms with E-state index in [9.17, 15) is 4.79 Å². The Labute approximate surface area is 142 Å². The third-order valence-corrected chi connectivity index (χ3v) is 5.51. The summed E-state index contributed by atoms with van der Waals surface area (Å²) in [5, 5.41) is 0. The number of likely N-dealkylation sites (tertiary alicyclic amines) is 2. The van der Waals surface area contributed by atoms with Gasteiger partial charge in [-0.3, -0.25) is 14.7 Å². The highest BCUT2D eigenvalue weighted by atomic mass is 16.3. The van der Waals surface area contributed by atoms with Crippen molar-refractivity contribution >= 4 is 5.91 Å². The Morgan fingerprint density at radius 3 is 2.71 bits per heavy atom. The van der Waals surface area contributed by atoms with Crippen LogP contribution in [0.15, 0.2) is 47.3 Å². The summed E-state index contributed by atoms with van der Waals surface area (Å²) in [5.41, 5.74) is 1.00. The lowest BCUT2D eigenvalue weighted by atomic mass is 9.78. The molecule has 2 fully saturated rings. The van der Waals surface area contributed by atoms with Gasteiger partial charge in [-0.15, -0.1) is 0 Å². The molecule has 0 aliphatic carbocycles. The largest absolute Gasteiger partial charge is 0.468 e. The predicted molar refractivity (Wildman–Crippen MR) is 90.4 cm³/mol. The molecule has 1 amide bonds. The normalized spacial score (nSPS) is 20.6. The van der Waals surface area contributed by atoms with E-state index in [2.05, 4.69) is 9.88 Å². The minimum atomic E-state index is 0.123. The van der Waals surface area contributed by atoms with Gasteiger partial charge < -0.3 is 9.32 Å². The van der Waals surface area contributed by atoms with E-state index in [-0.39, 0.29) is 5.91 Å². The number of rotatable bonds is 3. The summed E-state index contributed by atoms with van der Waals surface area (Å²) in [4.78, 5) is 21.1. The maximum atomic E-state index is 12.6. The number of pyridine rings is 1. The molecule has 5 heteroatoms. The van der Waals surface area contributed by atoms with Crippen molar-refractivity contribution < 1.29 is 9.21 Å². The lowest BCUT2D eigenvalue weighted by Gasteiger charge is -2.39. The summed E-state index contributed by atoms with van der Waals surface area (Å²) in [6, 6.07) is 7.66. The van der Waals surface area contributed by atoms with E-state index in [0.717, 1.165) is 57.7 Å². The van der Waals surface area contributed by atoms with E-state index in [4.69, 9.17) is 4.42 Å². The molecular weight excluding hydrogens is 302 g/mol. The average molecular weight is 325 g/mol. The highest BCUT2D eigenvalue weighted by molar-refractivity contribution is 5.94. The van der Waals surface area contributed by atoms with Crippen molar-refractivity contribution in [2.45, 2.75) is 25.8 Å². The van der Waals surface area contributed by atoms with E-state index < -0.39 is 0 Å². The molecule has 0 radical (unpaired) electrons. The van der Waals surface area contributed by atoms with Crippen LogP contribution in [-0.4, -0.2) is 46.9 Å². The molecule has 0 unspecified atom stereocenters. The van der Waals surface area contributed by atoms with Crippen LogP contribution in [0.5, 0.6) is 0 Å². The first-order valence-corrected chi connectivity index (χ1v) is 8.68. The zero-order chi connectivity index (χ0) is 16.4. The fourth-order valence-corrected chi connectivity index (χ4v) is 4.00. The van der Waals surface area contributed by atoms with Gasteiger partial charge in [0.2, 0.25) is 0 Å². The maximum absolute atomic E-state index is 12.6. The number of carbonyl (C=O) groups excluding carboxylic acids is 1. The number of hydrogen-bond donors (Lipinski definition) is 0. The van der Waals surface area contributed by atoms with Crippen molar-refractivity contribution in [1.29, 1.82) is 0 Å². The van der Waals surface area contributed by atoms with Gasteiger partial charge in [0.25, 0.3) is 5.91 Å². The second-order valence-corrected chi connectivity index (χ2v) is 7.07. The second kappa shape index (κ2) is 6.40. The van der Waals surface area contributed by atoms with Crippen molar-refractivity contribution in [3.05, 3.63) is 54.2 Å². The minimum absolute atomic E-state index is 0.123. The summed E-state index contributed by atoms with van der Waals surface area (Å²) in [5.74, 6) is 1.16. The van der Waals surface area contributed by atoms with Crippen molar-refractivity contribution in [2.75, 3.05) is 26.2 Å². The molecule has 24 heavy (non-hydrogen) atoms. The van der Waals surface area contributed by atoms with Gasteiger partial charge in [-0.2, -0.15) is 0 Å². The molecule has 4 heterocycles. The van der Waals surface area contributed by atoms with Gasteiger partial charge in [0, 0.05) is 25.5 Å². The zero-order valence-electron chi connectivity index (χ0n) is 13.9. The zero-order valence-corrected chi connectivity index (χ0v) is 13.9. The van der Waals surface area contributed by atoms with Gasteiger partial charge in [0.15, 0.2) is 0 Å². The number of piperidine rings is 1. The first-order chi connectivity index (χ1) is 11.7. The first kappa shape index (κ1) is 15.4. The molecule has 2 aliphatic heterocycles. The summed E-state index contributed by atoms with van der Waals surface area (Å²) >= 11 is 0. The van der Waals surface area contributed by atoms with Gasteiger partial charge >= 0.3 is 0 Å². The van der Waals surface area contributed by atoms with Crippen LogP contribution in [-0.2, 0) is 6.54 Å². The quantitative estimate of drug-likeness (QED) is 0.871. The second-order valence-electron chi connectivity index (χ2n) is 7.07. The minimum Gasteiger partial charge on any atom is -0.468 e. The highest BCUT2D eigenvalue weighted by Gasteiger charge is 2.42. The van der Waals surface area contributed by atoms with Crippen molar-refractivity contribution in [3.8, 4) is 0 Å². The van der Waals surface area contributed by atoms with Crippen molar-refractivity contribution in [1.82, 2.24) is 14.8 Å². The smallest absolute Gasteiger partial charge is 0.255 e. The maximum Gasteiger partial charge on any atom is 0.255 e. The Hall–Kier alpha value is -2.14. The van der Waals surface area contributed by atoms with Gasteiger partial charge in [0.1, 0.15) is 5.76 Å². The predicted octanol–water partition coefficient (Wildman–Crippen LogP) is 2.80. The fourth-order valence-electron chi connectivity index (χ4n) is 4.00. The molecule has 0 saturated carbocycles. The molecule has 0 atom stereocenters. The van der Waals surface area contributed by atoms with Crippen LogP contribution in [0.2, 0.25) is 0 Å². The Morgan fingerprint density at radius 2 is 2.00 bits per heavy atom. The van der Waals surface area contributed by atoms with Gasteiger partial charge in [-0.1, -0.05) is 0 Å². The van der Waals surface area contributed by atoms with Crippen molar-refractivity contribution in [3.63, 3.8) is 0 Å². The number of carbonyl (C=O) groups is 1. The van der Waals surface area contributed by atoms with Crippen LogP contribution in [0.1, 0.15) is 35.4 Å². The SMILES string of the molecule is O=C(c1cccnc1)N1CCC2(CCN(Cc3ccco3)CC2)C1. The van der Waals surface area contributed by atoms with Gasteiger partial charge in [0.05, 0.1) is 18.4 Å². The fraction of sp³-hybridized carbons (Fsp3) is 0.474. The molecule has 0 N–H and O–H groups in total. The Balaban J connectivity index is 1.34. The molecule has 0 aromatic carbocycles. The number of nitrogens with zero attached hydrogens (tertiary/aromatic N) is 3. The van der Waals surface area contributed by atoms with Crippen LogP contribution < -0.4 is 0 Å². The Morgan fingerprint density at radius 1 is 1.17 bits per heavy atom. The molecule has 126 valence electrons. The number of amides is 1. The number of aromatic nitrogens is 1. The standard InChI is InChI=1S/C19H23N3O2/c23-18(16-3-1-8-20-13-16)22-11-7-19(15-22)5-9-21(10-6-19)14-17-4-2-12-24-17/h1-4,8,12-13H,5-7,9-11,14-15H2. The molecule has 2 aliphatic rings. The number of hydrogen-bond acceptors (Lipinski definition) is 4. The topological polar surface area (TPSA) is 49.6 Å². The van der Waals surface area contributed by atoms with E-state index in [0.29, 0.717) is 11.0 Å². The number of furan rings is 1. The lowest BCUT2D eigenvalue weighted by Crippen LogP contribution is -2.41. The highest BCUT2D eigenvalue weighted by Crippen LogP contribution is 2.41. The van der Waals surface area contributed by atoms with Crippen LogP contribution in [0.25, 0.3) is 0 Å². The van der Waals surface area contributed by atoms with E-state index in [1.54, 1.807) is 18.7 Å². The molecule has 4 rings (SSSR count). The summed E-state index contributed by atoms with van der Waals surface area (Å²) in [6.07, 6.45) is 8.54. The Kier molecular flexibility index (Phi) is 4.10. The van der Waals surface area contributed by atoms with Crippen LogP contribution in [0.3, 0.4) is 0 Å². The van der Waals surface area contributed by atoms with E-state index in [1.165, 1.54) is 0 Å². The molecule has 2 saturated heterocycles. The van der Waals surface area contributed by atoms with Crippen molar-refractivity contribution in [2.24, 2.45) is 5.41 Å². The summed E-state index contributed by atoms with van der Waals surface area (Å²) in [6.45, 7) is 4.80. The van der Waals surface area contributed by atoms with Crippen LogP contribution in [0.4, 0.5) is 0 Å². The molecule has 1 spiro atoms. The average Bonchev–Trinajstić information content (AvgIpc) is 3.28. The molecule has 5 nitrogen and oxygen atoms in total. The Bertz CT molecular complexity index is 676. The molecule has 0 bridgehead atoms. The third kappa shape index (κ3) is 3.08. The molecule has 2 aromatic rings. The van der Waals surface area contributed by atoms with Crippen LogP contribution >= 0.6 is 0 Å². The van der Waals surface area contributed by atoms with Gasteiger partial charge in [-0.05, 0) is 62.0 Å². The van der Waals surface area contributed by atoms with E-state index in [1.807, 2.05) is 29.2 Å². The molecular formula is C19H23N3O2.